The molecule has 1 aliphatic rings. The minimum atomic E-state index is -3.95. The van der Waals surface area contributed by atoms with Gasteiger partial charge in [-0.1, -0.05) is 6.07 Å². The summed E-state index contributed by atoms with van der Waals surface area (Å²) in [6.45, 7) is 6.34. The molecule has 2 aromatic rings. The molecule has 0 aliphatic carbocycles. The number of hydrogen-bond acceptors (Lipinski definition) is 6. The number of nitrogens with one attached hydrogen (secondary N) is 1. The van der Waals surface area contributed by atoms with Gasteiger partial charge in [0.15, 0.2) is 0 Å². The van der Waals surface area contributed by atoms with Crippen molar-refractivity contribution in [3.8, 4) is 0 Å². The van der Waals surface area contributed by atoms with Gasteiger partial charge in [0, 0.05) is 30.9 Å². The summed E-state index contributed by atoms with van der Waals surface area (Å²) in [6, 6.07) is 9.29. The second kappa shape index (κ2) is 7.53. The zero-order chi connectivity index (χ0) is 19.6. The Bertz CT molecular complexity index is 969. The monoisotopic (exact) mass is 391 g/mol. The van der Waals surface area contributed by atoms with Crippen LogP contribution in [0.1, 0.15) is 11.1 Å². The predicted octanol–water partition coefficient (Wildman–Crippen LogP) is 2.85. The van der Waals surface area contributed by atoms with Crippen LogP contribution in [0.5, 0.6) is 0 Å². The smallest absolute Gasteiger partial charge is 0.270 e. The number of benzene rings is 2. The van der Waals surface area contributed by atoms with Crippen molar-refractivity contribution in [2.75, 3.05) is 35.9 Å². The number of anilines is 2. The molecular weight excluding hydrogens is 370 g/mol. The first-order chi connectivity index (χ1) is 12.8. The van der Waals surface area contributed by atoms with Crippen LogP contribution in [-0.4, -0.2) is 39.6 Å². The molecule has 9 heteroatoms. The van der Waals surface area contributed by atoms with E-state index in [0.29, 0.717) is 24.5 Å². The van der Waals surface area contributed by atoms with Crippen LogP contribution in [0.15, 0.2) is 41.3 Å². The van der Waals surface area contributed by atoms with Gasteiger partial charge in [-0.15, -0.1) is 0 Å². The molecule has 0 amide bonds. The van der Waals surface area contributed by atoms with Crippen LogP contribution >= 0.6 is 0 Å². The summed E-state index contributed by atoms with van der Waals surface area (Å²) in [5.41, 5.74) is 2.39. The molecule has 1 fully saturated rings. The molecule has 1 N–H and O–H groups in total. The highest BCUT2D eigenvalue weighted by Crippen LogP contribution is 2.28. The van der Waals surface area contributed by atoms with Gasteiger partial charge in [-0.05, 0) is 43.2 Å². The van der Waals surface area contributed by atoms with Crippen LogP contribution in [0.2, 0.25) is 0 Å². The number of nitro groups is 1. The zero-order valence-electron chi connectivity index (χ0n) is 15.1. The van der Waals surface area contributed by atoms with Gasteiger partial charge in [0.05, 0.1) is 28.7 Å². The van der Waals surface area contributed by atoms with Gasteiger partial charge in [0.1, 0.15) is 0 Å². The van der Waals surface area contributed by atoms with E-state index < -0.39 is 14.9 Å². The summed E-state index contributed by atoms with van der Waals surface area (Å²) in [5.74, 6) is 0. The molecular formula is C18H21N3O5S. The molecule has 8 nitrogen and oxygen atoms in total. The average Bonchev–Trinajstić information content (AvgIpc) is 2.64. The van der Waals surface area contributed by atoms with Crippen LogP contribution < -0.4 is 9.62 Å². The molecule has 0 saturated carbocycles. The van der Waals surface area contributed by atoms with Gasteiger partial charge in [-0.25, -0.2) is 8.42 Å². The number of aryl methyl sites for hydroxylation is 2. The van der Waals surface area contributed by atoms with Gasteiger partial charge in [-0.3, -0.25) is 14.8 Å². The van der Waals surface area contributed by atoms with E-state index in [1.165, 1.54) is 12.1 Å². The largest absolute Gasteiger partial charge is 0.378 e. The number of morpholine rings is 1. The lowest BCUT2D eigenvalue weighted by atomic mass is 10.1. The number of non-ortho nitro benzene ring substituents is 1. The molecule has 3 rings (SSSR count). The highest BCUT2D eigenvalue weighted by Gasteiger charge is 2.22. The van der Waals surface area contributed by atoms with Crippen LogP contribution in [0.3, 0.4) is 0 Å². The Morgan fingerprint density at radius 1 is 1.07 bits per heavy atom. The lowest BCUT2D eigenvalue weighted by Crippen LogP contribution is -2.36. The molecule has 27 heavy (non-hydrogen) atoms. The fourth-order valence-electron chi connectivity index (χ4n) is 2.97. The summed E-state index contributed by atoms with van der Waals surface area (Å²) < 4.78 is 33.4. The fraction of sp³-hybridized carbons (Fsp3) is 0.333. The molecule has 1 aliphatic heterocycles. The van der Waals surface area contributed by atoms with Crippen LogP contribution in [0, 0.1) is 24.0 Å². The Hall–Kier alpha value is -2.65. The van der Waals surface area contributed by atoms with Gasteiger partial charge in [0.2, 0.25) is 0 Å². The third kappa shape index (κ3) is 4.20. The van der Waals surface area contributed by atoms with Gasteiger partial charge in [-0.2, -0.15) is 0 Å². The predicted molar refractivity (Wildman–Crippen MR) is 103 cm³/mol. The molecule has 1 saturated heterocycles. The minimum Gasteiger partial charge on any atom is -0.378 e. The van der Waals surface area contributed by atoms with E-state index in [1.54, 1.807) is 13.0 Å². The molecule has 1 heterocycles. The van der Waals surface area contributed by atoms with E-state index in [2.05, 4.69) is 9.62 Å². The molecule has 0 unspecified atom stereocenters. The highest BCUT2D eigenvalue weighted by molar-refractivity contribution is 7.92. The maximum absolute atomic E-state index is 12.8. The zero-order valence-corrected chi connectivity index (χ0v) is 16.0. The Kier molecular flexibility index (Phi) is 5.33. The van der Waals surface area contributed by atoms with Gasteiger partial charge >= 0.3 is 0 Å². The van der Waals surface area contributed by atoms with Crippen molar-refractivity contribution in [1.29, 1.82) is 0 Å². The molecule has 0 atom stereocenters. The SMILES string of the molecule is Cc1cc(N2CCOCC2)ccc1NS(=O)(=O)c1cc([N+](=O)[O-])ccc1C. The lowest BCUT2D eigenvalue weighted by Gasteiger charge is -2.29. The standard InChI is InChI=1S/C18H21N3O5S/c1-13-3-4-16(21(22)23)12-18(13)27(24,25)19-17-6-5-15(11-14(17)2)20-7-9-26-10-8-20/h3-6,11-12,19H,7-10H2,1-2H3. The maximum Gasteiger partial charge on any atom is 0.270 e. The van der Waals surface area contributed by atoms with Gasteiger partial charge < -0.3 is 9.64 Å². The fourth-order valence-corrected chi connectivity index (χ4v) is 4.37. The number of rotatable bonds is 5. The maximum atomic E-state index is 12.8. The number of sulfonamides is 1. The van der Waals surface area contributed by atoms with E-state index >= 15 is 0 Å². The molecule has 0 radical (unpaired) electrons. The summed E-state index contributed by atoms with van der Waals surface area (Å²) >= 11 is 0. The molecule has 144 valence electrons. The molecule has 0 spiro atoms. The normalized spacial score (nSPS) is 14.8. The van der Waals surface area contributed by atoms with Crippen molar-refractivity contribution in [2.24, 2.45) is 0 Å². The number of nitrogens with zero attached hydrogens (tertiary/aromatic N) is 2. The summed E-state index contributed by atoms with van der Waals surface area (Å²) in [6.07, 6.45) is 0. The Morgan fingerprint density at radius 3 is 2.41 bits per heavy atom. The number of hydrogen-bond donors (Lipinski definition) is 1. The van der Waals surface area contributed by atoms with Crippen molar-refractivity contribution in [2.45, 2.75) is 18.7 Å². The van der Waals surface area contributed by atoms with E-state index in [4.69, 9.17) is 4.74 Å². The third-order valence-corrected chi connectivity index (χ3v) is 6.01. The first kappa shape index (κ1) is 19.1. The lowest BCUT2D eigenvalue weighted by molar-refractivity contribution is -0.385. The van der Waals surface area contributed by atoms with Crippen molar-refractivity contribution in [1.82, 2.24) is 0 Å². The second-order valence-electron chi connectivity index (χ2n) is 6.41. The quantitative estimate of drug-likeness (QED) is 0.621. The van der Waals surface area contributed by atoms with Crippen molar-refractivity contribution in [3.63, 3.8) is 0 Å². The highest BCUT2D eigenvalue weighted by atomic mass is 32.2. The first-order valence-corrected chi connectivity index (χ1v) is 9.97. The summed E-state index contributed by atoms with van der Waals surface area (Å²) in [7, 11) is -3.95. The van der Waals surface area contributed by atoms with Crippen molar-refractivity contribution < 1.29 is 18.1 Å². The van der Waals surface area contributed by atoms with E-state index in [-0.39, 0.29) is 10.6 Å². The second-order valence-corrected chi connectivity index (χ2v) is 8.06. The Labute approximate surface area is 158 Å². The third-order valence-electron chi connectivity index (χ3n) is 4.50. The number of nitro benzene ring substituents is 1. The first-order valence-electron chi connectivity index (χ1n) is 8.49. The van der Waals surface area contributed by atoms with Crippen LogP contribution in [0.4, 0.5) is 17.1 Å². The van der Waals surface area contributed by atoms with Crippen molar-refractivity contribution >= 4 is 27.1 Å². The minimum absolute atomic E-state index is 0.103. The van der Waals surface area contributed by atoms with Gasteiger partial charge in [0.25, 0.3) is 15.7 Å². The Balaban J connectivity index is 1.88. The molecule has 0 bridgehead atoms. The summed E-state index contributed by atoms with van der Waals surface area (Å²) in [5, 5.41) is 11.0. The topological polar surface area (TPSA) is 102 Å². The van der Waals surface area contributed by atoms with E-state index in [9.17, 15) is 18.5 Å². The molecule has 2 aromatic carbocycles. The van der Waals surface area contributed by atoms with Crippen molar-refractivity contribution in [3.05, 3.63) is 57.6 Å². The van der Waals surface area contributed by atoms with Crippen LogP contribution in [-0.2, 0) is 14.8 Å². The summed E-state index contributed by atoms with van der Waals surface area (Å²) in [4.78, 5) is 12.4. The van der Waals surface area contributed by atoms with Crippen LogP contribution in [0.25, 0.3) is 0 Å². The Morgan fingerprint density at radius 2 is 1.78 bits per heavy atom. The van der Waals surface area contributed by atoms with E-state index in [1.807, 2.05) is 19.1 Å². The average molecular weight is 391 g/mol. The number of ether oxygens (including phenoxy) is 1. The van der Waals surface area contributed by atoms with E-state index in [0.717, 1.165) is 30.4 Å². The molecule has 0 aromatic heterocycles.